The van der Waals surface area contributed by atoms with Crippen LogP contribution in [0.15, 0.2) is 47.4 Å². The molecule has 8 nitrogen and oxygen atoms in total. The first kappa shape index (κ1) is 20.9. The lowest BCUT2D eigenvalue weighted by molar-refractivity contribution is -0.385. The molecule has 2 aromatic rings. The Morgan fingerprint density at radius 3 is 2.48 bits per heavy atom. The van der Waals surface area contributed by atoms with Crippen LogP contribution in [0.4, 0.5) is 11.4 Å². The van der Waals surface area contributed by atoms with Crippen molar-refractivity contribution in [2.24, 2.45) is 0 Å². The maximum atomic E-state index is 12.9. The molecule has 0 aromatic heterocycles. The molecule has 0 aliphatic carbocycles. The Kier molecular flexibility index (Phi) is 5.99. The minimum absolute atomic E-state index is 0.0476. The summed E-state index contributed by atoms with van der Waals surface area (Å²) in [4.78, 5) is 23.2. The molecule has 0 radical (unpaired) electrons. The summed E-state index contributed by atoms with van der Waals surface area (Å²) in [5.74, 6) is -0.469. The van der Waals surface area contributed by atoms with Crippen molar-refractivity contribution in [2.75, 3.05) is 11.9 Å². The third-order valence-corrected chi connectivity index (χ3v) is 7.24. The first-order valence-corrected chi connectivity index (χ1v) is 10.8. The Balaban J connectivity index is 1.79. The van der Waals surface area contributed by atoms with Crippen molar-refractivity contribution < 1.29 is 18.1 Å². The highest BCUT2D eigenvalue weighted by molar-refractivity contribution is 7.89. The lowest BCUT2D eigenvalue weighted by Gasteiger charge is -2.32. The summed E-state index contributed by atoms with van der Waals surface area (Å²) in [7, 11) is -3.61. The predicted molar refractivity (Wildman–Crippen MR) is 109 cm³/mol. The maximum Gasteiger partial charge on any atom is 0.274 e. The number of hydrogen-bond donors (Lipinski definition) is 1. The van der Waals surface area contributed by atoms with Crippen molar-refractivity contribution in [3.8, 4) is 0 Å². The lowest BCUT2D eigenvalue weighted by atomic mass is 10.1. The molecule has 1 saturated heterocycles. The molecule has 1 amide bonds. The van der Waals surface area contributed by atoms with Gasteiger partial charge < -0.3 is 5.32 Å². The fourth-order valence-electron chi connectivity index (χ4n) is 3.49. The zero-order valence-corrected chi connectivity index (χ0v) is 17.1. The van der Waals surface area contributed by atoms with Gasteiger partial charge in [0.1, 0.15) is 0 Å². The fraction of sp³-hybridized carbons (Fsp3) is 0.350. The quantitative estimate of drug-likeness (QED) is 0.589. The smallest absolute Gasteiger partial charge is 0.274 e. The van der Waals surface area contributed by atoms with Gasteiger partial charge in [-0.25, -0.2) is 8.42 Å². The van der Waals surface area contributed by atoms with Crippen LogP contribution < -0.4 is 5.32 Å². The number of nitrogens with one attached hydrogen (secondary N) is 1. The Labute approximate surface area is 169 Å². The van der Waals surface area contributed by atoms with E-state index in [1.807, 2.05) is 6.92 Å². The highest BCUT2D eigenvalue weighted by atomic mass is 32.2. The van der Waals surface area contributed by atoms with Gasteiger partial charge in [0.15, 0.2) is 0 Å². The van der Waals surface area contributed by atoms with Gasteiger partial charge in [0.25, 0.3) is 11.6 Å². The number of anilines is 1. The largest absolute Gasteiger partial charge is 0.321 e. The number of carbonyl (C=O) groups is 1. The topological polar surface area (TPSA) is 110 Å². The van der Waals surface area contributed by atoms with E-state index in [9.17, 15) is 23.3 Å². The van der Waals surface area contributed by atoms with E-state index in [0.29, 0.717) is 17.8 Å². The zero-order chi connectivity index (χ0) is 21.2. The number of carbonyl (C=O) groups excluding carboxylic acids is 1. The molecule has 154 valence electrons. The summed E-state index contributed by atoms with van der Waals surface area (Å²) >= 11 is 0. The molecule has 29 heavy (non-hydrogen) atoms. The molecule has 1 N–H and O–H groups in total. The van der Waals surface area contributed by atoms with Gasteiger partial charge in [0.2, 0.25) is 10.0 Å². The lowest BCUT2D eigenvalue weighted by Crippen LogP contribution is -2.41. The van der Waals surface area contributed by atoms with Gasteiger partial charge >= 0.3 is 0 Å². The average molecular weight is 417 g/mol. The Bertz CT molecular complexity index is 1030. The van der Waals surface area contributed by atoms with E-state index in [2.05, 4.69) is 5.32 Å². The molecule has 9 heteroatoms. The number of amides is 1. The van der Waals surface area contributed by atoms with Crippen LogP contribution >= 0.6 is 0 Å². The first-order chi connectivity index (χ1) is 13.7. The van der Waals surface area contributed by atoms with Crippen molar-refractivity contribution >= 4 is 27.3 Å². The molecular formula is C20H23N3O5S. The van der Waals surface area contributed by atoms with Gasteiger partial charge in [-0.15, -0.1) is 0 Å². The molecule has 1 fully saturated rings. The average Bonchev–Trinajstić information content (AvgIpc) is 2.69. The molecule has 1 aliphatic heterocycles. The summed E-state index contributed by atoms with van der Waals surface area (Å²) < 4.78 is 27.3. The maximum absolute atomic E-state index is 12.9. The molecule has 1 heterocycles. The van der Waals surface area contributed by atoms with E-state index < -0.39 is 20.9 Å². The van der Waals surface area contributed by atoms with Crippen LogP contribution in [-0.4, -0.2) is 36.1 Å². The van der Waals surface area contributed by atoms with Crippen molar-refractivity contribution in [1.82, 2.24) is 4.31 Å². The second-order valence-electron chi connectivity index (χ2n) is 7.15. The number of nitro benzene ring substituents is 1. The summed E-state index contributed by atoms with van der Waals surface area (Å²) in [5, 5.41) is 13.7. The van der Waals surface area contributed by atoms with Crippen LogP contribution in [0.3, 0.4) is 0 Å². The number of nitro groups is 1. The van der Waals surface area contributed by atoms with E-state index in [1.165, 1.54) is 40.7 Å². The van der Waals surface area contributed by atoms with E-state index in [1.54, 1.807) is 13.0 Å². The molecule has 0 saturated carbocycles. The molecule has 1 unspecified atom stereocenters. The van der Waals surface area contributed by atoms with Gasteiger partial charge in [-0.1, -0.05) is 12.5 Å². The van der Waals surface area contributed by atoms with Crippen LogP contribution in [0, 0.1) is 17.0 Å². The number of benzene rings is 2. The number of piperidine rings is 1. The highest BCUT2D eigenvalue weighted by Crippen LogP contribution is 2.27. The second-order valence-corrected chi connectivity index (χ2v) is 9.04. The molecule has 1 aliphatic rings. The summed E-state index contributed by atoms with van der Waals surface area (Å²) in [6, 6.07) is 10.1. The summed E-state index contributed by atoms with van der Waals surface area (Å²) in [6.45, 7) is 3.96. The van der Waals surface area contributed by atoms with E-state index in [4.69, 9.17) is 0 Å². The molecular weight excluding hydrogens is 394 g/mol. The SMILES string of the molecule is Cc1c(NC(=O)c2ccc(S(=O)(=O)N3CCCCC3C)cc2)cccc1[N+](=O)[O-]. The Morgan fingerprint density at radius 2 is 1.86 bits per heavy atom. The number of hydrogen-bond acceptors (Lipinski definition) is 5. The van der Waals surface area contributed by atoms with Gasteiger partial charge in [0.05, 0.1) is 21.1 Å². The number of sulfonamides is 1. The monoisotopic (exact) mass is 417 g/mol. The molecule has 0 spiro atoms. The van der Waals surface area contributed by atoms with Crippen molar-refractivity contribution in [1.29, 1.82) is 0 Å². The highest BCUT2D eigenvalue weighted by Gasteiger charge is 2.31. The van der Waals surface area contributed by atoms with Crippen molar-refractivity contribution in [3.63, 3.8) is 0 Å². The molecule has 3 rings (SSSR count). The Hall–Kier alpha value is -2.78. The predicted octanol–water partition coefficient (Wildman–Crippen LogP) is 3.72. The number of rotatable bonds is 5. The minimum Gasteiger partial charge on any atom is -0.321 e. The Morgan fingerprint density at radius 1 is 1.17 bits per heavy atom. The van der Waals surface area contributed by atoms with E-state index in [0.717, 1.165) is 19.3 Å². The first-order valence-electron chi connectivity index (χ1n) is 9.39. The van der Waals surface area contributed by atoms with Crippen LogP contribution in [0.5, 0.6) is 0 Å². The van der Waals surface area contributed by atoms with Gasteiger partial charge in [-0.3, -0.25) is 14.9 Å². The van der Waals surface area contributed by atoms with Gasteiger partial charge in [-0.05, 0) is 57.0 Å². The molecule has 2 aromatic carbocycles. The minimum atomic E-state index is -3.61. The van der Waals surface area contributed by atoms with Crippen LogP contribution in [0.2, 0.25) is 0 Å². The molecule has 0 bridgehead atoms. The normalized spacial score (nSPS) is 17.7. The summed E-state index contributed by atoms with van der Waals surface area (Å²) in [6.07, 6.45) is 2.69. The van der Waals surface area contributed by atoms with Gasteiger partial charge in [0, 0.05) is 24.2 Å². The summed E-state index contributed by atoms with van der Waals surface area (Å²) in [5.41, 5.74) is 0.869. The molecule has 1 atom stereocenters. The fourth-order valence-corrected chi connectivity index (χ4v) is 5.19. The number of nitrogens with zero attached hydrogens (tertiary/aromatic N) is 2. The zero-order valence-electron chi connectivity index (χ0n) is 16.3. The van der Waals surface area contributed by atoms with Crippen LogP contribution in [0.25, 0.3) is 0 Å². The van der Waals surface area contributed by atoms with E-state index >= 15 is 0 Å². The third-order valence-electron chi connectivity index (χ3n) is 5.22. The third kappa shape index (κ3) is 4.30. The van der Waals surface area contributed by atoms with Crippen molar-refractivity contribution in [2.45, 2.75) is 44.0 Å². The van der Waals surface area contributed by atoms with Crippen LogP contribution in [-0.2, 0) is 10.0 Å². The second kappa shape index (κ2) is 8.30. The van der Waals surface area contributed by atoms with Crippen molar-refractivity contribution in [3.05, 3.63) is 63.7 Å². The van der Waals surface area contributed by atoms with Crippen LogP contribution in [0.1, 0.15) is 42.1 Å². The standard InChI is InChI=1S/C20H23N3O5S/c1-14-6-3-4-13-22(14)29(27,28)17-11-9-16(10-12-17)20(24)21-18-7-5-8-19(15(18)2)23(25)26/h5,7-12,14H,3-4,6,13H2,1-2H3,(H,21,24). The van der Waals surface area contributed by atoms with Gasteiger partial charge in [-0.2, -0.15) is 4.31 Å². The van der Waals surface area contributed by atoms with E-state index in [-0.39, 0.29) is 22.2 Å².